The number of likely N-dealkylation sites (tertiary alicyclic amines) is 1. The van der Waals surface area contributed by atoms with Crippen molar-refractivity contribution in [2.24, 2.45) is 5.92 Å². The highest BCUT2D eigenvalue weighted by atomic mass is 16.5. The number of piperidine rings is 1. The number of carboxylic acid groups (broad SMARTS) is 1. The monoisotopic (exact) mass is 272 g/mol. The number of carboxylic acids is 1. The maximum Gasteiger partial charge on any atom is 0.407 e. The molecule has 0 spiro atoms. The van der Waals surface area contributed by atoms with Crippen molar-refractivity contribution in [1.82, 2.24) is 10.2 Å². The molecule has 1 fully saturated rings. The Morgan fingerprint density at radius 3 is 2.74 bits per heavy atom. The average molecular weight is 272 g/mol. The van der Waals surface area contributed by atoms with Crippen LogP contribution in [0.1, 0.15) is 32.6 Å². The molecule has 2 N–H and O–H groups in total. The van der Waals surface area contributed by atoms with E-state index in [1.165, 1.54) is 7.11 Å². The van der Waals surface area contributed by atoms with Gasteiger partial charge in [-0.05, 0) is 18.8 Å². The molecule has 1 aliphatic rings. The third kappa shape index (κ3) is 5.92. The van der Waals surface area contributed by atoms with Crippen LogP contribution in [0.3, 0.4) is 0 Å². The van der Waals surface area contributed by atoms with E-state index in [1.807, 2.05) is 4.90 Å². The molecule has 2 unspecified atom stereocenters. The maximum atomic E-state index is 11.3. The van der Waals surface area contributed by atoms with Gasteiger partial charge < -0.3 is 15.2 Å². The van der Waals surface area contributed by atoms with Gasteiger partial charge in [-0.25, -0.2) is 4.79 Å². The van der Waals surface area contributed by atoms with Crippen molar-refractivity contribution in [2.75, 3.05) is 26.7 Å². The van der Waals surface area contributed by atoms with Gasteiger partial charge in [0.2, 0.25) is 0 Å². The summed E-state index contributed by atoms with van der Waals surface area (Å²) in [4.78, 5) is 24.0. The number of nitrogens with one attached hydrogen (secondary N) is 1. The fraction of sp³-hybridized carbons (Fsp3) is 0.846. The van der Waals surface area contributed by atoms with E-state index in [-0.39, 0.29) is 12.6 Å². The number of alkyl carbamates (subject to hydrolysis) is 1. The predicted octanol–water partition coefficient (Wildman–Crippen LogP) is 1.31. The standard InChI is InChI=1S/C13H24N2O4/c1-3-4-5-10-6-11(14-13(18)19-2)8-15(7-10)9-12(16)17/h10-11H,3-9H2,1-2H3,(H,14,18)(H,16,17). The quantitative estimate of drug-likeness (QED) is 0.762. The molecule has 1 rings (SSSR count). The number of rotatable bonds is 6. The lowest BCUT2D eigenvalue weighted by molar-refractivity contribution is -0.138. The minimum atomic E-state index is -0.826. The van der Waals surface area contributed by atoms with Crippen LogP contribution in [0.2, 0.25) is 0 Å². The first kappa shape index (κ1) is 15.8. The summed E-state index contributed by atoms with van der Waals surface area (Å²) in [5.74, 6) is -0.386. The van der Waals surface area contributed by atoms with Gasteiger partial charge in [0.1, 0.15) is 0 Å². The van der Waals surface area contributed by atoms with Crippen molar-refractivity contribution >= 4 is 12.1 Å². The highest BCUT2D eigenvalue weighted by Gasteiger charge is 2.28. The van der Waals surface area contributed by atoms with E-state index in [4.69, 9.17) is 5.11 Å². The van der Waals surface area contributed by atoms with Crippen LogP contribution in [0.15, 0.2) is 0 Å². The molecule has 0 bridgehead atoms. The number of hydrogen-bond acceptors (Lipinski definition) is 4. The first-order chi connectivity index (χ1) is 9.05. The van der Waals surface area contributed by atoms with Gasteiger partial charge in [0.25, 0.3) is 0 Å². The van der Waals surface area contributed by atoms with E-state index in [0.29, 0.717) is 12.5 Å². The molecule has 1 aliphatic heterocycles. The number of carbonyl (C=O) groups excluding carboxylic acids is 1. The summed E-state index contributed by atoms with van der Waals surface area (Å²) in [5, 5.41) is 11.7. The first-order valence-electron chi connectivity index (χ1n) is 6.83. The summed E-state index contributed by atoms with van der Waals surface area (Å²) in [6, 6.07) is -0.0255. The molecule has 0 aromatic rings. The Hall–Kier alpha value is -1.30. The number of ether oxygens (including phenoxy) is 1. The van der Waals surface area contributed by atoms with Crippen LogP contribution in [-0.2, 0) is 9.53 Å². The molecule has 2 atom stereocenters. The Labute approximate surface area is 114 Å². The molecule has 110 valence electrons. The predicted molar refractivity (Wildman–Crippen MR) is 71.0 cm³/mol. The van der Waals surface area contributed by atoms with Gasteiger partial charge in [0.15, 0.2) is 0 Å². The molecule has 1 amide bonds. The van der Waals surface area contributed by atoms with E-state index in [0.717, 1.165) is 32.2 Å². The number of hydrogen-bond donors (Lipinski definition) is 2. The van der Waals surface area contributed by atoms with Crippen molar-refractivity contribution in [2.45, 2.75) is 38.6 Å². The summed E-state index contributed by atoms with van der Waals surface area (Å²) in [7, 11) is 1.34. The third-order valence-corrected chi connectivity index (χ3v) is 3.44. The lowest BCUT2D eigenvalue weighted by Gasteiger charge is -2.37. The number of nitrogens with zero attached hydrogens (tertiary/aromatic N) is 1. The van der Waals surface area contributed by atoms with Crippen LogP contribution in [0.4, 0.5) is 4.79 Å². The molecular weight excluding hydrogens is 248 g/mol. The van der Waals surface area contributed by atoms with Gasteiger partial charge in [-0.3, -0.25) is 9.69 Å². The van der Waals surface area contributed by atoms with Crippen LogP contribution >= 0.6 is 0 Å². The Kier molecular flexibility index (Phi) is 6.62. The minimum Gasteiger partial charge on any atom is -0.480 e. The second-order valence-corrected chi connectivity index (χ2v) is 5.16. The zero-order valence-electron chi connectivity index (χ0n) is 11.7. The van der Waals surface area contributed by atoms with Gasteiger partial charge in [-0.1, -0.05) is 19.8 Å². The third-order valence-electron chi connectivity index (χ3n) is 3.44. The van der Waals surface area contributed by atoms with Gasteiger partial charge in [-0.2, -0.15) is 0 Å². The molecule has 0 aromatic heterocycles. The Bertz CT molecular complexity index is 309. The lowest BCUT2D eigenvalue weighted by atomic mass is 9.90. The first-order valence-corrected chi connectivity index (χ1v) is 6.83. The summed E-state index contributed by atoms with van der Waals surface area (Å²) >= 11 is 0. The summed E-state index contributed by atoms with van der Waals surface area (Å²) < 4.78 is 4.60. The van der Waals surface area contributed by atoms with E-state index in [1.54, 1.807) is 0 Å². The zero-order valence-corrected chi connectivity index (χ0v) is 11.7. The van der Waals surface area contributed by atoms with Crippen molar-refractivity contribution < 1.29 is 19.4 Å². The fourth-order valence-electron chi connectivity index (χ4n) is 2.66. The largest absolute Gasteiger partial charge is 0.480 e. The van der Waals surface area contributed by atoms with Crippen molar-refractivity contribution in [1.29, 1.82) is 0 Å². The van der Waals surface area contributed by atoms with E-state index < -0.39 is 12.1 Å². The van der Waals surface area contributed by atoms with Crippen LogP contribution in [0.25, 0.3) is 0 Å². The van der Waals surface area contributed by atoms with Crippen molar-refractivity contribution in [3.8, 4) is 0 Å². The van der Waals surface area contributed by atoms with Gasteiger partial charge >= 0.3 is 12.1 Å². The van der Waals surface area contributed by atoms with Gasteiger partial charge in [0.05, 0.1) is 13.7 Å². The average Bonchev–Trinajstić information content (AvgIpc) is 2.35. The molecule has 1 heterocycles. The van der Waals surface area contributed by atoms with Crippen molar-refractivity contribution in [3.63, 3.8) is 0 Å². The van der Waals surface area contributed by atoms with Crippen molar-refractivity contribution in [3.05, 3.63) is 0 Å². The summed E-state index contributed by atoms with van der Waals surface area (Å²) in [6.45, 7) is 3.54. The second kappa shape index (κ2) is 7.99. The number of amides is 1. The SMILES string of the molecule is CCCCC1CC(NC(=O)OC)CN(CC(=O)O)C1. The highest BCUT2D eigenvalue weighted by molar-refractivity contribution is 5.69. The molecule has 0 radical (unpaired) electrons. The summed E-state index contributed by atoms with van der Waals surface area (Å²) in [6.07, 6.45) is 3.79. The normalized spacial score (nSPS) is 23.9. The zero-order chi connectivity index (χ0) is 14.3. The number of carbonyl (C=O) groups is 2. The van der Waals surface area contributed by atoms with Crippen LogP contribution in [-0.4, -0.2) is 54.9 Å². The van der Waals surface area contributed by atoms with E-state index in [2.05, 4.69) is 17.0 Å². The van der Waals surface area contributed by atoms with Crippen LogP contribution < -0.4 is 5.32 Å². The topological polar surface area (TPSA) is 78.9 Å². The molecule has 6 heteroatoms. The molecule has 19 heavy (non-hydrogen) atoms. The number of methoxy groups -OCH3 is 1. The molecule has 0 saturated carbocycles. The molecule has 1 saturated heterocycles. The minimum absolute atomic E-state index is 0.0255. The lowest BCUT2D eigenvalue weighted by Crippen LogP contribution is -2.51. The molecule has 6 nitrogen and oxygen atoms in total. The highest BCUT2D eigenvalue weighted by Crippen LogP contribution is 2.22. The smallest absolute Gasteiger partial charge is 0.407 e. The Morgan fingerprint density at radius 2 is 2.16 bits per heavy atom. The number of unbranched alkanes of at least 4 members (excludes halogenated alkanes) is 1. The Balaban J connectivity index is 2.55. The van der Waals surface area contributed by atoms with Crippen LogP contribution in [0.5, 0.6) is 0 Å². The van der Waals surface area contributed by atoms with Gasteiger partial charge in [0, 0.05) is 19.1 Å². The summed E-state index contributed by atoms with van der Waals surface area (Å²) in [5.41, 5.74) is 0. The second-order valence-electron chi connectivity index (χ2n) is 5.16. The van der Waals surface area contributed by atoms with Gasteiger partial charge in [-0.15, -0.1) is 0 Å². The maximum absolute atomic E-state index is 11.3. The fourth-order valence-corrected chi connectivity index (χ4v) is 2.66. The van der Waals surface area contributed by atoms with E-state index in [9.17, 15) is 9.59 Å². The molecule has 0 aromatic carbocycles. The Morgan fingerprint density at radius 1 is 1.42 bits per heavy atom. The molecule has 0 aliphatic carbocycles. The van der Waals surface area contributed by atoms with E-state index >= 15 is 0 Å². The van der Waals surface area contributed by atoms with Crippen LogP contribution in [0, 0.1) is 5.92 Å². The molecular formula is C13H24N2O4. The number of aliphatic carboxylic acids is 1.